The second-order valence-electron chi connectivity index (χ2n) is 5.09. The molecule has 2 aliphatic rings. The molecule has 1 N–H and O–H groups in total. The van der Waals surface area contributed by atoms with Crippen molar-refractivity contribution < 1.29 is 19.4 Å². The number of rotatable bonds is 3. The topological polar surface area (TPSA) is 55.8 Å². The highest BCUT2D eigenvalue weighted by Gasteiger charge is 2.28. The van der Waals surface area contributed by atoms with Crippen molar-refractivity contribution in [2.75, 3.05) is 6.79 Å². The van der Waals surface area contributed by atoms with Crippen molar-refractivity contribution in [1.82, 2.24) is 0 Å². The van der Waals surface area contributed by atoms with Crippen molar-refractivity contribution in [1.29, 1.82) is 0 Å². The van der Waals surface area contributed by atoms with Crippen molar-refractivity contribution in [2.45, 2.75) is 31.6 Å². The van der Waals surface area contributed by atoms with E-state index >= 15 is 0 Å². The van der Waals surface area contributed by atoms with Crippen LogP contribution in [-0.4, -0.2) is 17.9 Å². The average Bonchev–Trinajstić information content (AvgIpc) is 2.95. The molecule has 1 saturated carbocycles. The van der Waals surface area contributed by atoms with E-state index in [4.69, 9.17) is 14.6 Å². The van der Waals surface area contributed by atoms with Crippen LogP contribution < -0.4 is 9.47 Å². The Kier molecular flexibility index (Phi) is 2.86. The Hall–Kier alpha value is -1.71. The van der Waals surface area contributed by atoms with Gasteiger partial charge in [0.05, 0.1) is 0 Å². The summed E-state index contributed by atoms with van der Waals surface area (Å²) in [6, 6.07) is 6.06. The molecule has 1 aromatic carbocycles. The van der Waals surface area contributed by atoms with E-state index in [9.17, 15) is 4.79 Å². The van der Waals surface area contributed by atoms with E-state index in [1.54, 1.807) is 0 Å². The van der Waals surface area contributed by atoms with E-state index in [0.717, 1.165) is 30.8 Å². The molecule has 4 heteroatoms. The minimum Gasteiger partial charge on any atom is -0.481 e. The summed E-state index contributed by atoms with van der Waals surface area (Å²) in [5, 5.41) is 8.82. The van der Waals surface area contributed by atoms with Gasteiger partial charge in [-0.2, -0.15) is 0 Å². The highest BCUT2D eigenvalue weighted by molar-refractivity contribution is 5.67. The SMILES string of the molecule is O=C(O)CC1CCC(c2ccc3c(c2)OCO3)C1. The van der Waals surface area contributed by atoms with E-state index in [2.05, 4.69) is 6.07 Å². The maximum Gasteiger partial charge on any atom is 0.303 e. The van der Waals surface area contributed by atoms with Gasteiger partial charge >= 0.3 is 5.97 Å². The second-order valence-corrected chi connectivity index (χ2v) is 5.09. The maximum absolute atomic E-state index is 10.7. The zero-order valence-corrected chi connectivity index (χ0v) is 10.1. The van der Waals surface area contributed by atoms with E-state index in [1.165, 1.54) is 5.56 Å². The van der Waals surface area contributed by atoms with Crippen LogP contribution in [0.2, 0.25) is 0 Å². The first-order valence-corrected chi connectivity index (χ1v) is 6.33. The molecule has 0 bridgehead atoms. The highest BCUT2D eigenvalue weighted by atomic mass is 16.7. The van der Waals surface area contributed by atoms with Gasteiger partial charge in [-0.25, -0.2) is 0 Å². The molecule has 1 heterocycles. The lowest BCUT2D eigenvalue weighted by Gasteiger charge is -2.11. The van der Waals surface area contributed by atoms with Gasteiger partial charge in [-0.1, -0.05) is 6.07 Å². The first-order chi connectivity index (χ1) is 8.72. The molecule has 2 atom stereocenters. The lowest BCUT2D eigenvalue weighted by molar-refractivity contribution is -0.138. The number of carboxylic acid groups (broad SMARTS) is 1. The quantitative estimate of drug-likeness (QED) is 0.893. The van der Waals surface area contributed by atoms with Crippen LogP contribution in [0.4, 0.5) is 0 Å². The van der Waals surface area contributed by atoms with Crippen molar-refractivity contribution in [3.05, 3.63) is 23.8 Å². The molecule has 0 radical (unpaired) electrons. The molecule has 18 heavy (non-hydrogen) atoms. The van der Waals surface area contributed by atoms with Gasteiger partial charge in [-0.15, -0.1) is 0 Å². The Balaban J connectivity index is 1.71. The Morgan fingerprint density at radius 3 is 2.94 bits per heavy atom. The van der Waals surface area contributed by atoms with Crippen LogP contribution in [0.15, 0.2) is 18.2 Å². The van der Waals surface area contributed by atoms with Crippen LogP contribution in [0.1, 0.15) is 37.2 Å². The smallest absolute Gasteiger partial charge is 0.303 e. The Morgan fingerprint density at radius 2 is 2.11 bits per heavy atom. The third kappa shape index (κ3) is 2.15. The predicted molar refractivity (Wildman–Crippen MR) is 64.9 cm³/mol. The van der Waals surface area contributed by atoms with Crippen molar-refractivity contribution in [3.63, 3.8) is 0 Å². The number of ether oxygens (including phenoxy) is 2. The Bertz CT molecular complexity index is 469. The summed E-state index contributed by atoms with van der Waals surface area (Å²) in [7, 11) is 0. The first kappa shape index (κ1) is 11.4. The fraction of sp³-hybridized carbons (Fsp3) is 0.500. The summed E-state index contributed by atoms with van der Waals surface area (Å²) in [4.78, 5) is 10.7. The minimum absolute atomic E-state index is 0.293. The Morgan fingerprint density at radius 1 is 1.28 bits per heavy atom. The van der Waals surface area contributed by atoms with Crippen molar-refractivity contribution in [2.24, 2.45) is 5.92 Å². The van der Waals surface area contributed by atoms with Gasteiger partial charge in [0, 0.05) is 6.42 Å². The molecule has 96 valence electrons. The predicted octanol–water partition coefficient (Wildman–Crippen LogP) is 2.77. The minimum atomic E-state index is -0.689. The largest absolute Gasteiger partial charge is 0.481 e. The van der Waals surface area contributed by atoms with E-state index in [0.29, 0.717) is 25.0 Å². The standard InChI is InChI=1S/C14H16O4/c15-14(16)6-9-1-2-10(5-9)11-3-4-12-13(7-11)18-8-17-12/h3-4,7,9-10H,1-2,5-6,8H2,(H,15,16). The molecular weight excluding hydrogens is 232 g/mol. The molecule has 1 aromatic rings. The van der Waals surface area contributed by atoms with Crippen LogP contribution in [0.5, 0.6) is 11.5 Å². The number of carbonyl (C=O) groups is 1. The molecule has 0 amide bonds. The third-order valence-electron chi connectivity index (χ3n) is 3.87. The first-order valence-electron chi connectivity index (χ1n) is 6.33. The van der Waals surface area contributed by atoms with Gasteiger partial charge in [0.25, 0.3) is 0 Å². The number of hydrogen-bond donors (Lipinski definition) is 1. The molecule has 2 unspecified atom stereocenters. The maximum atomic E-state index is 10.7. The van der Waals surface area contributed by atoms with Crippen molar-refractivity contribution >= 4 is 5.97 Å². The fourth-order valence-corrected chi connectivity index (χ4v) is 2.98. The van der Waals surface area contributed by atoms with Crippen LogP contribution in [-0.2, 0) is 4.79 Å². The summed E-state index contributed by atoms with van der Waals surface area (Å²) >= 11 is 0. The fourth-order valence-electron chi connectivity index (χ4n) is 2.98. The zero-order chi connectivity index (χ0) is 12.5. The number of fused-ring (bicyclic) bond motifs is 1. The molecule has 3 rings (SSSR count). The van der Waals surface area contributed by atoms with Crippen LogP contribution in [0, 0.1) is 5.92 Å². The molecular formula is C14H16O4. The summed E-state index contributed by atoms with van der Waals surface area (Å²) in [5.74, 6) is 1.71. The summed E-state index contributed by atoms with van der Waals surface area (Å²) < 4.78 is 10.7. The van der Waals surface area contributed by atoms with Gasteiger partial charge in [0.15, 0.2) is 11.5 Å². The van der Waals surface area contributed by atoms with Crippen LogP contribution in [0.25, 0.3) is 0 Å². The number of carboxylic acids is 1. The third-order valence-corrected chi connectivity index (χ3v) is 3.87. The molecule has 1 fully saturated rings. The van der Waals surface area contributed by atoms with Crippen LogP contribution >= 0.6 is 0 Å². The van der Waals surface area contributed by atoms with Gasteiger partial charge in [-0.3, -0.25) is 4.79 Å². The molecule has 0 saturated heterocycles. The molecule has 0 spiro atoms. The normalized spacial score (nSPS) is 25.3. The van der Waals surface area contributed by atoms with Gasteiger partial charge in [-0.05, 0) is 48.8 Å². The summed E-state index contributed by atoms with van der Waals surface area (Å²) in [5.41, 5.74) is 1.24. The van der Waals surface area contributed by atoms with Gasteiger partial charge in [0.2, 0.25) is 6.79 Å². The summed E-state index contributed by atoms with van der Waals surface area (Å²) in [6.45, 7) is 0.297. The number of hydrogen-bond acceptors (Lipinski definition) is 3. The van der Waals surface area contributed by atoms with E-state index < -0.39 is 5.97 Å². The lowest BCUT2D eigenvalue weighted by Crippen LogP contribution is -2.04. The molecule has 1 aliphatic heterocycles. The lowest BCUT2D eigenvalue weighted by atomic mass is 9.95. The number of benzene rings is 1. The highest BCUT2D eigenvalue weighted by Crippen LogP contribution is 2.42. The van der Waals surface area contributed by atoms with Crippen molar-refractivity contribution in [3.8, 4) is 11.5 Å². The molecule has 1 aliphatic carbocycles. The van der Waals surface area contributed by atoms with Crippen LogP contribution in [0.3, 0.4) is 0 Å². The molecule has 0 aromatic heterocycles. The van der Waals surface area contributed by atoms with Gasteiger partial charge in [0.1, 0.15) is 0 Å². The Labute approximate surface area is 106 Å². The number of aliphatic carboxylic acids is 1. The molecule has 4 nitrogen and oxygen atoms in total. The average molecular weight is 248 g/mol. The second kappa shape index (κ2) is 4.52. The zero-order valence-electron chi connectivity index (χ0n) is 10.1. The summed E-state index contributed by atoms with van der Waals surface area (Å²) in [6.07, 6.45) is 3.33. The van der Waals surface area contributed by atoms with Gasteiger partial charge < -0.3 is 14.6 Å². The monoisotopic (exact) mass is 248 g/mol. The van der Waals surface area contributed by atoms with E-state index in [-0.39, 0.29) is 0 Å². The van der Waals surface area contributed by atoms with E-state index in [1.807, 2.05) is 12.1 Å².